The van der Waals surface area contributed by atoms with Crippen LogP contribution in [0, 0.1) is 12.3 Å². The van der Waals surface area contributed by atoms with Gasteiger partial charge in [0.1, 0.15) is 0 Å². The third-order valence-electron chi connectivity index (χ3n) is 4.25. The first-order valence-corrected chi connectivity index (χ1v) is 7.35. The lowest BCUT2D eigenvalue weighted by atomic mass is 9.73. The zero-order chi connectivity index (χ0) is 13.2. The summed E-state index contributed by atoms with van der Waals surface area (Å²) in [5, 5.41) is 4.59. The molecule has 1 aromatic carbocycles. The van der Waals surface area contributed by atoms with E-state index in [-0.39, 0.29) is 0 Å². The van der Waals surface area contributed by atoms with E-state index in [9.17, 15) is 0 Å². The Bertz CT molecular complexity index is 412. The molecular weight excluding hydrogens is 242 g/mol. The van der Waals surface area contributed by atoms with E-state index in [2.05, 4.69) is 38.2 Å². The van der Waals surface area contributed by atoms with Crippen LogP contribution < -0.4 is 5.32 Å². The molecule has 0 radical (unpaired) electrons. The monoisotopic (exact) mass is 265 g/mol. The molecule has 0 amide bonds. The van der Waals surface area contributed by atoms with Gasteiger partial charge in [0, 0.05) is 17.6 Å². The zero-order valence-corrected chi connectivity index (χ0v) is 12.5. The van der Waals surface area contributed by atoms with E-state index in [4.69, 9.17) is 11.6 Å². The number of halogens is 1. The van der Waals surface area contributed by atoms with Crippen molar-refractivity contribution >= 4 is 11.6 Å². The summed E-state index contributed by atoms with van der Waals surface area (Å²) in [6, 6.07) is 6.93. The molecule has 1 fully saturated rings. The third kappa shape index (κ3) is 3.27. The Kier molecular flexibility index (Phi) is 4.34. The molecule has 1 aliphatic carbocycles. The van der Waals surface area contributed by atoms with Crippen LogP contribution in [0.25, 0.3) is 0 Å². The number of aryl methyl sites for hydroxylation is 1. The van der Waals surface area contributed by atoms with Gasteiger partial charge in [0.05, 0.1) is 0 Å². The van der Waals surface area contributed by atoms with E-state index in [1.54, 1.807) is 0 Å². The first-order valence-electron chi connectivity index (χ1n) is 6.97. The van der Waals surface area contributed by atoms with Gasteiger partial charge in [-0.3, -0.25) is 0 Å². The number of hydrogen-bond donors (Lipinski definition) is 1. The van der Waals surface area contributed by atoms with Gasteiger partial charge in [-0.1, -0.05) is 50.4 Å². The molecule has 2 heteroatoms. The first kappa shape index (κ1) is 13.9. The number of hydrogen-bond acceptors (Lipinski definition) is 1. The van der Waals surface area contributed by atoms with Gasteiger partial charge in [-0.25, -0.2) is 0 Å². The largest absolute Gasteiger partial charge is 0.309 e. The van der Waals surface area contributed by atoms with E-state index in [1.165, 1.54) is 36.8 Å². The molecule has 0 saturated heterocycles. The van der Waals surface area contributed by atoms with E-state index in [1.807, 2.05) is 6.07 Å². The zero-order valence-electron chi connectivity index (χ0n) is 11.7. The van der Waals surface area contributed by atoms with Crippen molar-refractivity contribution in [3.05, 3.63) is 34.3 Å². The Hall–Kier alpha value is -0.530. The molecule has 2 rings (SSSR count). The Balaban J connectivity index is 1.98. The third-order valence-corrected chi connectivity index (χ3v) is 4.61. The van der Waals surface area contributed by atoms with Crippen molar-refractivity contribution in [2.45, 2.75) is 59.0 Å². The standard InChI is InChI=1S/C16H24ClN/c1-12-7-8-13(14(17)10-12)11-18-15-6-4-5-9-16(15,2)3/h7-8,10,15,18H,4-6,9,11H2,1-3H3. The summed E-state index contributed by atoms with van der Waals surface area (Å²) in [7, 11) is 0. The SMILES string of the molecule is Cc1ccc(CNC2CCCCC2(C)C)c(Cl)c1. The predicted octanol–water partition coefficient (Wildman–Crippen LogP) is 4.71. The highest BCUT2D eigenvalue weighted by Gasteiger charge is 2.31. The Labute approximate surface area is 116 Å². The van der Waals surface area contributed by atoms with Crippen LogP contribution >= 0.6 is 11.6 Å². The van der Waals surface area contributed by atoms with E-state index in [0.717, 1.165) is 11.6 Å². The van der Waals surface area contributed by atoms with Gasteiger partial charge in [-0.15, -0.1) is 0 Å². The number of nitrogens with one attached hydrogen (secondary N) is 1. The van der Waals surface area contributed by atoms with Gasteiger partial charge >= 0.3 is 0 Å². The van der Waals surface area contributed by atoms with Crippen molar-refractivity contribution in [2.24, 2.45) is 5.41 Å². The van der Waals surface area contributed by atoms with Gasteiger partial charge in [0.15, 0.2) is 0 Å². The van der Waals surface area contributed by atoms with Crippen LogP contribution in [0.5, 0.6) is 0 Å². The number of benzene rings is 1. The Morgan fingerprint density at radius 3 is 2.78 bits per heavy atom. The normalized spacial score (nSPS) is 23.0. The molecule has 1 saturated carbocycles. The van der Waals surface area contributed by atoms with Crippen LogP contribution in [0.4, 0.5) is 0 Å². The van der Waals surface area contributed by atoms with Gasteiger partial charge in [0.2, 0.25) is 0 Å². The molecule has 0 bridgehead atoms. The average Bonchev–Trinajstić information content (AvgIpc) is 2.29. The van der Waals surface area contributed by atoms with Gasteiger partial charge in [-0.2, -0.15) is 0 Å². The molecule has 18 heavy (non-hydrogen) atoms. The fourth-order valence-electron chi connectivity index (χ4n) is 2.90. The number of rotatable bonds is 3. The lowest BCUT2D eigenvalue weighted by molar-refractivity contribution is 0.167. The Morgan fingerprint density at radius 1 is 1.33 bits per heavy atom. The van der Waals surface area contributed by atoms with E-state index >= 15 is 0 Å². The molecular formula is C16H24ClN. The average molecular weight is 266 g/mol. The molecule has 0 spiro atoms. The van der Waals surface area contributed by atoms with Crippen molar-refractivity contribution in [3.8, 4) is 0 Å². The lowest BCUT2D eigenvalue weighted by Gasteiger charge is -2.39. The van der Waals surface area contributed by atoms with Crippen molar-refractivity contribution in [1.82, 2.24) is 5.32 Å². The summed E-state index contributed by atoms with van der Waals surface area (Å²) in [6.07, 6.45) is 5.34. The molecule has 1 atom stereocenters. The topological polar surface area (TPSA) is 12.0 Å². The smallest absolute Gasteiger partial charge is 0.0453 e. The fraction of sp³-hybridized carbons (Fsp3) is 0.625. The molecule has 0 heterocycles. The van der Waals surface area contributed by atoms with Crippen molar-refractivity contribution in [2.75, 3.05) is 0 Å². The van der Waals surface area contributed by atoms with Crippen molar-refractivity contribution < 1.29 is 0 Å². The van der Waals surface area contributed by atoms with Crippen LogP contribution in [0.1, 0.15) is 50.7 Å². The van der Waals surface area contributed by atoms with Crippen LogP contribution in [-0.4, -0.2) is 6.04 Å². The second-order valence-corrected chi connectivity index (χ2v) is 6.67. The van der Waals surface area contributed by atoms with Crippen LogP contribution in [0.2, 0.25) is 5.02 Å². The van der Waals surface area contributed by atoms with Gasteiger partial charge < -0.3 is 5.32 Å². The molecule has 100 valence electrons. The lowest BCUT2D eigenvalue weighted by Crippen LogP contribution is -2.43. The van der Waals surface area contributed by atoms with Gasteiger partial charge in [0.25, 0.3) is 0 Å². The second-order valence-electron chi connectivity index (χ2n) is 6.26. The minimum Gasteiger partial charge on any atom is -0.309 e. The minimum absolute atomic E-state index is 0.412. The first-order chi connectivity index (χ1) is 8.49. The fourth-order valence-corrected chi connectivity index (χ4v) is 3.20. The molecule has 1 nitrogen and oxygen atoms in total. The van der Waals surface area contributed by atoms with Crippen LogP contribution in [0.3, 0.4) is 0 Å². The molecule has 0 aliphatic heterocycles. The summed E-state index contributed by atoms with van der Waals surface area (Å²) in [5.41, 5.74) is 2.85. The quantitative estimate of drug-likeness (QED) is 0.835. The molecule has 0 aromatic heterocycles. The predicted molar refractivity (Wildman–Crippen MR) is 79.1 cm³/mol. The summed E-state index contributed by atoms with van der Waals surface area (Å²) < 4.78 is 0. The van der Waals surface area contributed by atoms with E-state index < -0.39 is 0 Å². The maximum Gasteiger partial charge on any atom is 0.0453 e. The van der Waals surface area contributed by atoms with Crippen LogP contribution in [-0.2, 0) is 6.54 Å². The summed E-state index contributed by atoms with van der Waals surface area (Å²) >= 11 is 6.28. The summed E-state index contributed by atoms with van der Waals surface area (Å²) in [6.45, 7) is 7.71. The molecule has 1 aliphatic rings. The van der Waals surface area contributed by atoms with E-state index in [0.29, 0.717) is 11.5 Å². The van der Waals surface area contributed by atoms with Crippen molar-refractivity contribution in [1.29, 1.82) is 0 Å². The highest BCUT2D eigenvalue weighted by atomic mass is 35.5. The molecule has 1 N–H and O–H groups in total. The summed E-state index contributed by atoms with van der Waals surface area (Å²) in [4.78, 5) is 0. The second kappa shape index (κ2) is 5.63. The van der Waals surface area contributed by atoms with Crippen LogP contribution in [0.15, 0.2) is 18.2 Å². The maximum absolute atomic E-state index is 6.28. The highest BCUT2D eigenvalue weighted by molar-refractivity contribution is 6.31. The molecule has 1 unspecified atom stereocenters. The highest BCUT2D eigenvalue weighted by Crippen LogP contribution is 2.35. The summed E-state index contributed by atoms with van der Waals surface area (Å²) in [5.74, 6) is 0. The minimum atomic E-state index is 0.412. The Morgan fingerprint density at radius 2 is 2.11 bits per heavy atom. The molecule has 1 aromatic rings. The van der Waals surface area contributed by atoms with Gasteiger partial charge in [-0.05, 0) is 42.4 Å². The van der Waals surface area contributed by atoms with Crippen molar-refractivity contribution in [3.63, 3.8) is 0 Å². The maximum atomic E-state index is 6.28.